The van der Waals surface area contributed by atoms with Gasteiger partial charge in [0.05, 0.1) is 0 Å². The quantitative estimate of drug-likeness (QED) is 0.592. The van der Waals surface area contributed by atoms with E-state index in [0.29, 0.717) is 45.2 Å². The highest BCUT2D eigenvalue weighted by molar-refractivity contribution is 5.97. The molecular weight excluding hydrogens is 352 g/mol. The Morgan fingerprint density at radius 2 is 1.68 bits per heavy atom. The number of amides is 2. The topological polar surface area (TPSA) is 67.6 Å². The van der Waals surface area contributed by atoms with Crippen molar-refractivity contribution in [3.63, 3.8) is 0 Å². The van der Waals surface area contributed by atoms with E-state index in [1.165, 1.54) is 5.56 Å². The van der Waals surface area contributed by atoms with Crippen molar-refractivity contribution in [1.82, 2.24) is 14.7 Å². The fraction of sp³-hybridized carbons (Fsp3) is 0.500. The van der Waals surface area contributed by atoms with Crippen LogP contribution in [0.25, 0.3) is 0 Å². The summed E-state index contributed by atoms with van der Waals surface area (Å²) in [6.45, 7) is 5.53. The van der Waals surface area contributed by atoms with Crippen LogP contribution in [-0.2, 0) is 16.0 Å². The molecule has 1 aromatic carbocycles. The number of piperazine rings is 1. The van der Waals surface area contributed by atoms with Crippen LogP contribution in [0, 0.1) is 17.2 Å². The number of carbonyl (C=O) groups excluding carboxylic acids is 2. The standard InChI is InChI=1S/C22H28N4O2/c1-18(27)25-13-11-24(12-14-25)17-21(16-23)22(28)26-9-7-20(8-10-26)15-19-5-3-2-4-6-19/h2-6,17,20H,7-15H2,1H3/b21-17-. The molecule has 0 aromatic heterocycles. The van der Waals surface area contributed by atoms with Crippen molar-refractivity contribution < 1.29 is 9.59 Å². The number of nitriles is 1. The molecule has 1 aromatic rings. The third kappa shape index (κ3) is 5.13. The molecule has 148 valence electrons. The van der Waals surface area contributed by atoms with E-state index in [-0.39, 0.29) is 17.4 Å². The van der Waals surface area contributed by atoms with E-state index in [1.807, 2.05) is 15.9 Å². The number of carbonyl (C=O) groups is 2. The number of piperidine rings is 1. The molecule has 0 radical (unpaired) electrons. The Kier molecular flexibility index (Phi) is 6.70. The van der Waals surface area contributed by atoms with E-state index in [9.17, 15) is 14.9 Å². The van der Waals surface area contributed by atoms with Crippen LogP contribution in [0.3, 0.4) is 0 Å². The van der Waals surface area contributed by atoms with Crippen molar-refractivity contribution in [2.24, 2.45) is 5.92 Å². The van der Waals surface area contributed by atoms with Crippen LogP contribution in [0.4, 0.5) is 0 Å². The molecule has 6 nitrogen and oxygen atoms in total. The summed E-state index contributed by atoms with van der Waals surface area (Å²) in [6.07, 6.45) is 4.66. The lowest BCUT2D eigenvalue weighted by atomic mass is 9.90. The Bertz CT molecular complexity index is 752. The normalized spacial score (nSPS) is 18.7. The van der Waals surface area contributed by atoms with Gasteiger partial charge in [-0.15, -0.1) is 0 Å². The summed E-state index contributed by atoms with van der Waals surface area (Å²) in [6, 6.07) is 12.5. The Morgan fingerprint density at radius 3 is 2.25 bits per heavy atom. The van der Waals surface area contributed by atoms with Crippen LogP contribution in [0.5, 0.6) is 0 Å². The zero-order valence-electron chi connectivity index (χ0n) is 16.5. The molecule has 2 fully saturated rings. The second-order valence-corrected chi connectivity index (χ2v) is 7.62. The summed E-state index contributed by atoms with van der Waals surface area (Å²) < 4.78 is 0. The third-order valence-electron chi connectivity index (χ3n) is 5.69. The van der Waals surface area contributed by atoms with Crippen molar-refractivity contribution in [3.8, 4) is 6.07 Å². The average Bonchev–Trinajstić information content (AvgIpc) is 2.73. The third-order valence-corrected chi connectivity index (χ3v) is 5.69. The van der Waals surface area contributed by atoms with Gasteiger partial charge in [-0.1, -0.05) is 30.3 Å². The van der Waals surface area contributed by atoms with Gasteiger partial charge >= 0.3 is 0 Å². The lowest BCUT2D eigenvalue weighted by Crippen LogP contribution is -2.46. The van der Waals surface area contributed by atoms with Gasteiger partial charge in [0.25, 0.3) is 5.91 Å². The Balaban J connectivity index is 1.52. The molecule has 0 atom stereocenters. The summed E-state index contributed by atoms with van der Waals surface area (Å²) >= 11 is 0. The maximum Gasteiger partial charge on any atom is 0.266 e. The van der Waals surface area contributed by atoms with Crippen LogP contribution in [0.2, 0.25) is 0 Å². The van der Waals surface area contributed by atoms with Gasteiger partial charge in [0, 0.05) is 52.4 Å². The minimum atomic E-state index is -0.172. The second kappa shape index (κ2) is 9.41. The second-order valence-electron chi connectivity index (χ2n) is 7.62. The first kappa shape index (κ1) is 19.9. The molecule has 2 heterocycles. The Hall–Kier alpha value is -2.81. The Morgan fingerprint density at radius 1 is 1.04 bits per heavy atom. The van der Waals surface area contributed by atoms with E-state index in [0.717, 1.165) is 19.3 Å². The van der Waals surface area contributed by atoms with Gasteiger partial charge in [0.15, 0.2) is 0 Å². The van der Waals surface area contributed by atoms with Crippen LogP contribution in [0.1, 0.15) is 25.3 Å². The number of rotatable bonds is 4. The minimum Gasteiger partial charge on any atom is -0.373 e. The van der Waals surface area contributed by atoms with Gasteiger partial charge in [-0.25, -0.2) is 0 Å². The van der Waals surface area contributed by atoms with Gasteiger partial charge in [-0.2, -0.15) is 5.26 Å². The molecule has 2 aliphatic heterocycles. The predicted molar refractivity (Wildman–Crippen MR) is 107 cm³/mol. The van der Waals surface area contributed by atoms with Crippen molar-refractivity contribution in [3.05, 3.63) is 47.7 Å². The van der Waals surface area contributed by atoms with Crippen molar-refractivity contribution in [2.75, 3.05) is 39.3 Å². The van der Waals surface area contributed by atoms with E-state index < -0.39 is 0 Å². The maximum absolute atomic E-state index is 12.8. The molecule has 0 N–H and O–H groups in total. The zero-order valence-corrected chi connectivity index (χ0v) is 16.5. The summed E-state index contributed by atoms with van der Waals surface area (Å²) in [5, 5.41) is 9.49. The number of likely N-dealkylation sites (tertiary alicyclic amines) is 1. The van der Waals surface area contributed by atoms with E-state index in [2.05, 4.69) is 30.3 Å². The highest BCUT2D eigenvalue weighted by Gasteiger charge is 2.26. The van der Waals surface area contributed by atoms with Crippen LogP contribution in [0.15, 0.2) is 42.1 Å². The smallest absolute Gasteiger partial charge is 0.266 e. The largest absolute Gasteiger partial charge is 0.373 e. The molecule has 0 saturated carbocycles. The van der Waals surface area contributed by atoms with Gasteiger partial charge in [-0.3, -0.25) is 9.59 Å². The van der Waals surface area contributed by atoms with Gasteiger partial charge in [0.2, 0.25) is 5.91 Å². The monoisotopic (exact) mass is 380 g/mol. The summed E-state index contributed by atoms with van der Waals surface area (Å²) in [4.78, 5) is 29.8. The average molecular weight is 380 g/mol. The molecule has 0 aliphatic carbocycles. The fourth-order valence-corrected chi connectivity index (χ4v) is 3.94. The van der Waals surface area contributed by atoms with Crippen LogP contribution >= 0.6 is 0 Å². The molecule has 28 heavy (non-hydrogen) atoms. The summed E-state index contributed by atoms with van der Waals surface area (Å²) in [5.74, 6) is 0.480. The van der Waals surface area contributed by atoms with Crippen LogP contribution in [-0.4, -0.2) is 65.8 Å². The highest BCUT2D eigenvalue weighted by Crippen LogP contribution is 2.22. The maximum atomic E-state index is 12.8. The van der Waals surface area contributed by atoms with E-state index in [1.54, 1.807) is 18.0 Å². The first-order chi connectivity index (χ1) is 13.6. The Labute approximate surface area is 167 Å². The molecule has 2 amide bonds. The lowest BCUT2D eigenvalue weighted by molar-refractivity contribution is -0.130. The molecule has 0 bridgehead atoms. The van der Waals surface area contributed by atoms with Gasteiger partial charge in [-0.05, 0) is 30.7 Å². The van der Waals surface area contributed by atoms with Gasteiger partial charge in [0.1, 0.15) is 11.6 Å². The highest BCUT2D eigenvalue weighted by atomic mass is 16.2. The summed E-state index contributed by atoms with van der Waals surface area (Å²) in [5.41, 5.74) is 1.53. The number of hydrogen-bond acceptors (Lipinski definition) is 4. The first-order valence-electron chi connectivity index (χ1n) is 10.0. The summed E-state index contributed by atoms with van der Waals surface area (Å²) in [7, 11) is 0. The number of nitrogens with zero attached hydrogens (tertiary/aromatic N) is 4. The van der Waals surface area contributed by atoms with Crippen molar-refractivity contribution in [2.45, 2.75) is 26.2 Å². The fourth-order valence-electron chi connectivity index (χ4n) is 3.94. The zero-order chi connectivity index (χ0) is 19.9. The van der Waals surface area contributed by atoms with Crippen molar-refractivity contribution >= 4 is 11.8 Å². The van der Waals surface area contributed by atoms with Gasteiger partial charge < -0.3 is 14.7 Å². The van der Waals surface area contributed by atoms with E-state index in [4.69, 9.17) is 0 Å². The SMILES string of the molecule is CC(=O)N1CCN(/C=C(/C#N)C(=O)N2CCC(Cc3ccccc3)CC2)CC1. The van der Waals surface area contributed by atoms with Crippen molar-refractivity contribution in [1.29, 1.82) is 5.26 Å². The molecule has 2 saturated heterocycles. The molecule has 2 aliphatic rings. The molecular formula is C22H28N4O2. The van der Waals surface area contributed by atoms with E-state index >= 15 is 0 Å². The molecule has 6 heteroatoms. The molecule has 3 rings (SSSR count). The minimum absolute atomic E-state index is 0.0681. The molecule has 0 unspecified atom stereocenters. The van der Waals surface area contributed by atoms with Crippen LogP contribution < -0.4 is 0 Å². The lowest BCUT2D eigenvalue weighted by Gasteiger charge is -2.34. The predicted octanol–water partition coefficient (Wildman–Crippen LogP) is 2.04. The molecule has 0 spiro atoms. The number of benzene rings is 1. The first-order valence-corrected chi connectivity index (χ1v) is 10.0. The number of hydrogen-bond donors (Lipinski definition) is 0.